The molecule has 2 aromatic rings. The van der Waals surface area contributed by atoms with Gasteiger partial charge < -0.3 is 20.6 Å². The zero-order chi connectivity index (χ0) is 15.2. The quantitative estimate of drug-likeness (QED) is 0.743. The molecule has 1 aromatic heterocycles. The minimum Gasteiger partial charge on any atom is -0.481 e. The Hall–Kier alpha value is -2.60. The number of nitrogens with two attached hydrogens (primary N) is 1. The maximum atomic E-state index is 11.9. The lowest BCUT2D eigenvalue weighted by Crippen LogP contribution is -2.31. The summed E-state index contributed by atoms with van der Waals surface area (Å²) in [5.41, 5.74) is 6.03. The summed E-state index contributed by atoms with van der Waals surface area (Å²) in [5.74, 6) is -1.65. The highest BCUT2D eigenvalue weighted by molar-refractivity contribution is 5.92. The summed E-state index contributed by atoms with van der Waals surface area (Å²) in [5, 5.41) is 11.8. The van der Waals surface area contributed by atoms with Crippen LogP contribution in [0.5, 0.6) is 0 Å². The fourth-order valence-corrected chi connectivity index (χ4v) is 1.92. The number of nitrogens with one attached hydrogen (secondary N) is 1. The molecule has 0 bridgehead atoms. The molecule has 6 heteroatoms. The van der Waals surface area contributed by atoms with Crippen LogP contribution < -0.4 is 11.1 Å². The average Bonchev–Trinajstić information content (AvgIpc) is 2.97. The highest BCUT2D eigenvalue weighted by Crippen LogP contribution is 2.15. The number of furan rings is 1. The predicted molar refractivity (Wildman–Crippen MR) is 75.8 cm³/mol. The predicted octanol–water partition coefficient (Wildman–Crippen LogP) is 1.34. The minimum atomic E-state index is -0.997. The molecule has 1 heterocycles. The zero-order valence-electron chi connectivity index (χ0n) is 11.3. The van der Waals surface area contributed by atoms with Crippen molar-refractivity contribution < 1.29 is 19.1 Å². The van der Waals surface area contributed by atoms with Crippen LogP contribution in [0.1, 0.15) is 27.8 Å². The van der Waals surface area contributed by atoms with E-state index in [2.05, 4.69) is 5.32 Å². The number of carbonyl (C=O) groups excluding carboxylic acids is 1. The standard InChI is InChI=1S/C15H16N2O4/c16-8-11-6-7-13(21-11)14(18)17-9-12(15(19)20)10-4-2-1-3-5-10/h1-7,12H,8-9,16H2,(H,17,18)(H,19,20). The Morgan fingerprint density at radius 1 is 1.19 bits per heavy atom. The molecular formula is C15H16N2O4. The lowest BCUT2D eigenvalue weighted by atomic mass is 9.99. The second kappa shape index (κ2) is 6.71. The average molecular weight is 288 g/mol. The molecule has 0 radical (unpaired) electrons. The second-order valence-electron chi connectivity index (χ2n) is 4.48. The molecule has 0 saturated heterocycles. The summed E-state index contributed by atoms with van der Waals surface area (Å²) in [6, 6.07) is 11.9. The van der Waals surface area contributed by atoms with Gasteiger partial charge in [0.25, 0.3) is 5.91 Å². The van der Waals surface area contributed by atoms with Crippen molar-refractivity contribution in [1.29, 1.82) is 0 Å². The van der Waals surface area contributed by atoms with Crippen LogP contribution in [0.3, 0.4) is 0 Å². The van der Waals surface area contributed by atoms with Gasteiger partial charge in [-0.25, -0.2) is 0 Å². The largest absolute Gasteiger partial charge is 0.481 e. The fraction of sp³-hybridized carbons (Fsp3) is 0.200. The number of hydrogen-bond acceptors (Lipinski definition) is 4. The zero-order valence-corrected chi connectivity index (χ0v) is 11.3. The number of hydrogen-bond donors (Lipinski definition) is 3. The molecule has 0 fully saturated rings. The van der Waals surface area contributed by atoms with E-state index in [1.54, 1.807) is 36.4 Å². The van der Waals surface area contributed by atoms with Crippen LogP contribution in [0.2, 0.25) is 0 Å². The summed E-state index contributed by atoms with van der Waals surface area (Å²) < 4.78 is 5.21. The second-order valence-corrected chi connectivity index (χ2v) is 4.48. The monoisotopic (exact) mass is 288 g/mol. The Bertz CT molecular complexity index is 622. The van der Waals surface area contributed by atoms with Gasteiger partial charge in [-0.2, -0.15) is 0 Å². The molecule has 0 spiro atoms. The van der Waals surface area contributed by atoms with Crippen molar-refractivity contribution in [2.75, 3.05) is 6.54 Å². The summed E-state index contributed by atoms with van der Waals surface area (Å²) in [6.45, 7) is 0.186. The van der Waals surface area contributed by atoms with E-state index in [0.29, 0.717) is 11.3 Å². The third-order valence-electron chi connectivity index (χ3n) is 3.05. The van der Waals surface area contributed by atoms with Crippen LogP contribution in [0.15, 0.2) is 46.9 Å². The number of carboxylic acid groups (broad SMARTS) is 1. The van der Waals surface area contributed by atoms with E-state index in [1.807, 2.05) is 0 Å². The van der Waals surface area contributed by atoms with Gasteiger partial charge in [0.15, 0.2) is 5.76 Å². The third-order valence-corrected chi connectivity index (χ3v) is 3.05. The van der Waals surface area contributed by atoms with Crippen LogP contribution in [0, 0.1) is 0 Å². The van der Waals surface area contributed by atoms with Crippen molar-refractivity contribution in [3.05, 3.63) is 59.5 Å². The summed E-state index contributed by atoms with van der Waals surface area (Å²) >= 11 is 0. The van der Waals surface area contributed by atoms with Crippen LogP contribution in [0.25, 0.3) is 0 Å². The molecule has 0 aliphatic heterocycles. The van der Waals surface area contributed by atoms with E-state index in [4.69, 9.17) is 10.2 Å². The molecule has 0 aliphatic carbocycles. The smallest absolute Gasteiger partial charge is 0.312 e. The van der Waals surface area contributed by atoms with Gasteiger partial charge in [-0.15, -0.1) is 0 Å². The van der Waals surface area contributed by atoms with Crippen LogP contribution in [0.4, 0.5) is 0 Å². The van der Waals surface area contributed by atoms with E-state index in [0.717, 1.165) is 0 Å². The first-order chi connectivity index (χ1) is 10.1. The molecule has 1 unspecified atom stereocenters. The first-order valence-electron chi connectivity index (χ1n) is 6.46. The van der Waals surface area contributed by atoms with Crippen molar-refractivity contribution >= 4 is 11.9 Å². The maximum Gasteiger partial charge on any atom is 0.312 e. The van der Waals surface area contributed by atoms with Gasteiger partial charge in [-0.3, -0.25) is 9.59 Å². The Balaban J connectivity index is 2.02. The van der Waals surface area contributed by atoms with Crippen molar-refractivity contribution in [1.82, 2.24) is 5.32 Å². The Morgan fingerprint density at radius 3 is 2.48 bits per heavy atom. The van der Waals surface area contributed by atoms with Crippen LogP contribution in [-0.2, 0) is 11.3 Å². The Morgan fingerprint density at radius 2 is 1.90 bits per heavy atom. The van der Waals surface area contributed by atoms with E-state index in [9.17, 15) is 14.7 Å². The van der Waals surface area contributed by atoms with Gasteiger partial charge in [-0.1, -0.05) is 30.3 Å². The molecule has 0 aliphatic rings. The van der Waals surface area contributed by atoms with Gasteiger partial charge in [0.05, 0.1) is 12.5 Å². The highest BCUT2D eigenvalue weighted by atomic mass is 16.4. The molecule has 6 nitrogen and oxygen atoms in total. The fourth-order valence-electron chi connectivity index (χ4n) is 1.92. The number of carbonyl (C=O) groups is 2. The van der Waals surface area contributed by atoms with Crippen molar-refractivity contribution in [3.8, 4) is 0 Å². The van der Waals surface area contributed by atoms with Gasteiger partial charge in [0, 0.05) is 6.54 Å². The molecule has 1 aromatic carbocycles. The molecule has 1 amide bonds. The topological polar surface area (TPSA) is 106 Å². The van der Waals surface area contributed by atoms with Crippen LogP contribution in [-0.4, -0.2) is 23.5 Å². The first-order valence-corrected chi connectivity index (χ1v) is 6.46. The lowest BCUT2D eigenvalue weighted by Gasteiger charge is -2.13. The molecule has 4 N–H and O–H groups in total. The van der Waals surface area contributed by atoms with E-state index in [1.165, 1.54) is 6.07 Å². The number of amides is 1. The van der Waals surface area contributed by atoms with E-state index >= 15 is 0 Å². The first kappa shape index (κ1) is 14.8. The van der Waals surface area contributed by atoms with E-state index in [-0.39, 0.29) is 18.8 Å². The summed E-state index contributed by atoms with van der Waals surface area (Å²) in [4.78, 5) is 23.2. The number of carboxylic acids is 1. The molecule has 21 heavy (non-hydrogen) atoms. The van der Waals surface area contributed by atoms with Gasteiger partial charge in [-0.05, 0) is 17.7 Å². The molecular weight excluding hydrogens is 272 g/mol. The number of rotatable bonds is 6. The lowest BCUT2D eigenvalue weighted by molar-refractivity contribution is -0.138. The summed E-state index contributed by atoms with van der Waals surface area (Å²) in [7, 11) is 0. The van der Waals surface area contributed by atoms with Gasteiger partial charge >= 0.3 is 5.97 Å². The molecule has 1 atom stereocenters. The molecule has 2 rings (SSSR count). The third kappa shape index (κ3) is 3.70. The SMILES string of the molecule is NCc1ccc(C(=O)NCC(C(=O)O)c2ccccc2)o1. The highest BCUT2D eigenvalue weighted by Gasteiger charge is 2.21. The molecule has 110 valence electrons. The van der Waals surface area contributed by atoms with Crippen LogP contribution >= 0.6 is 0 Å². The normalized spacial score (nSPS) is 11.9. The van der Waals surface area contributed by atoms with Crippen molar-refractivity contribution in [2.45, 2.75) is 12.5 Å². The van der Waals surface area contributed by atoms with Crippen molar-refractivity contribution in [2.24, 2.45) is 5.73 Å². The molecule has 0 saturated carbocycles. The Kier molecular flexibility index (Phi) is 4.73. The Labute approximate surface area is 121 Å². The van der Waals surface area contributed by atoms with Gasteiger partial charge in [0.2, 0.25) is 0 Å². The maximum absolute atomic E-state index is 11.9. The minimum absolute atomic E-state index is 0.0170. The van der Waals surface area contributed by atoms with Gasteiger partial charge in [0.1, 0.15) is 5.76 Å². The van der Waals surface area contributed by atoms with Crippen molar-refractivity contribution in [3.63, 3.8) is 0 Å². The van der Waals surface area contributed by atoms with E-state index < -0.39 is 17.8 Å². The number of benzene rings is 1. The number of aliphatic carboxylic acids is 1. The summed E-state index contributed by atoms with van der Waals surface area (Å²) in [6.07, 6.45) is 0.